The van der Waals surface area contributed by atoms with E-state index < -0.39 is 52.2 Å². The summed E-state index contributed by atoms with van der Waals surface area (Å²) >= 11 is 0. The fraction of sp³-hybridized carbons (Fsp3) is 0.391. The lowest BCUT2D eigenvalue weighted by Crippen LogP contribution is -2.22. The maximum Gasteiger partial charge on any atom is 0.521 e. The molecule has 2 unspecified atom stereocenters. The quantitative estimate of drug-likeness (QED) is 0.143. The predicted molar refractivity (Wildman–Crippen MR) is 138 cm³/mol. The highest BCUT2D eigenvalue weighted by Crippen LogP contribution is 2.49. The first-order chi connectivity index (χ1) is 19.1. The topological polar surface area (TPSA) is 184 Å². The number of fused-ring (bicyclic) bond motifs is 1. The van der Waals surface area contributed by atoms with Crippen molar-refractivity contribution in [3.05, 3.63) is 60.6 Å². The van der Waals surface area contributed by atoms with E-state index in [1.807, 2.05) is 0 Å². The molecule has 0 aliphatic carbocycles. The van der Waals surface area contributed by atoms with Crippen LogP contribution >= 0.6 is 15.6 Å². The summed E-state index contributed by atoms with van der Waals surface area (Å²) in [5.41, 5.74) is 1.59. The first-order valence-electron chi connectivity index (χ1n) is 11.8. The Kier molecular flexibility index (Phi) is 11.3. The molecule has 1 N–H and O–H groups in total. The highest BCUT2D eigenvalue weighted by Gasteiger charge is 2.36. The molecule has 40 heavy (non-hydrogen) atoms. The third-order valence-electron chi connectivity index (χ3n) is 5.35. The molecule has 2 aromatic heterocycles. The van der Waals surface area contributed by atoms with E-state index >= 15 is 0 Å². The van der Waals surface area contributed by atoms with Gasteiger partial charge in [0.05, 0.1) is 30.7 Å². The number of para-hydroxylation sites is 1. The van der Waals surface area contributed by atoms with Crippen molar-refractivity contribution < 1.29 is 53.3 Å². The second-order valence-corrected chi connectivity index (χ2v) is 11.4. The lowest BCUT2D eigenvalue weighted by Gasteiger charge is -2.23. The third-order valence-corrected chi connectivity index (χ3v) is 7.67. The van der Waals surface area contributed by atoms with Gasteiger partial charge in [0.1, 0.15) is 23.9 Å². The molecule has 0 spiro atoms. The molecule has 0 radical (unpaired) electrons. The van der Waals surface area contributed by atoms with Crippen LogP contribution in [0.15, 0.2) is 54.9 Å². The summed E-state index contributed by atoms with van der Waals surface area (Å²) < 4.78 is 63.8. The van der Waals surface area contributed by atoms with Gasteiger partial charge in [-0.1, -0.05) is 25.1 Å². The van der Waals surface area contributed by atoms with Gasteiger partial charge in [-0.3, -0.25) is 13.9 Å². The summed E-state index contributed by atoms with van der Waals surface area (Å²) in [5, 5.41) is 7.05. The van der Waals surface area contributed by atoms with Crippen molar-refractivity contribution in [2.45, 2.75) is 33.3 Å². The number of carbonyl (C=O) groups is 1. The standard InChI is InChI=1S/C23H26FN4O6P.HO4P.H2/c1-4-31-23(29)15(2)11-35(30,34-17-8-6-5-7-9-17)14-32-19-10-18(24)22(33-19)28-13-27-20-16(3)25-12-26-21(20)28;1-4-5(2)3;/h5-10,12-13,15,19,22H,4,11,14H2,1-3H3;1H;1H/t15-,19+,22?,35-;;/m1../s1. The van der Waals surface area contributed by atoms with Gasteiger partial charge in [-0.25, -0.2) is 24.6 Å². The molecule has 0 saturated carbocycles. The van der Waals surface area contributed by atoms with Crippen LogP contribution in [0.2, 0.25) is 0 Å². The Morgan fingerprint density at radius 3 is 2.67 bits per heavy atom. The molecule has 0 saturated heterocycles. The van der Waals surface area contributed by atoms with E-state index in [-0.39, 0.29) is 14.2 Å². The molecule has 0 amide bonds. The monoisotopic (exact) mass is 602 g/mol. The SMILES string of the molecule is CCOC(=O)[C@H](C)C[P@](=O)(CO[C@@H]1C=C(F)C(n2cnc3c(C)ncnc32)O1)Oc1ccccc1.O=[P+]([O-])OO.[HH]. The summed E-state index contributed by atoms with van der Waals surface area (Å²) in [6, 6.07) is 8.56. The minimum atomic E-state index is -3.57. The Labute approximate surface area is 230 Å². The first kappa shape index (κ1) is 31.4. The lowest BCUT2D eigenvalue weighted by atomic mass is 10.2. The number of imidazole rings is 1. The van der Waals surface area contributed by atoms with E-state index in [9.17, 15) is 13.8 Å². The molecular formula is C23H29FN4O10P2. The smallest absolute Gasteiger partial charge is 0.521 e. The van der Waals surface area contributed by atoms with Crippen molar-refractivity contribution in [3.63, 3.8) is 0 Å². The lowest BCUT2D eigenvalue weighted by molar-refractivity contribution is -0.244. The minimum Gasteiger partial charge on any atom is -0.565 e. The molecule has 5 atom stereocenters. The number of aromatic nitrogens is 4. The Morgan fingerprint density at radius 1 is 1.32 bits per heavy atom. The van der Waals surface area contributed by atoms with Crippen LogP contribution in [-0.2, 0) is 32.8 Å². The molecule has 4 rings (SSSR count). The van der Waals surface area contributed by atoms with Gasteiger partial charge in [0.2, 0.25) is 0 Å². The molecular weight excluding hydrogens is 573 g/mol. The van der Waals surface area contributed by atoms with Crippen LogP contribution in [0, 0.1) is 12.8 Å². The number of hydrogen-bond donors (Lipinski definition) is 1. The van der Waals surface area contributed by atoms with E-state index in [4.69, 9.17) is 33.5 Å². The number of hydrogen-bond acceptors (Lipinski definition) is 13. The molecule has 1 aliphatic heterocycles. The second kappa shape index (κ2) is 14.5. The van der Waals surface area contributed by atoms with Gasteiger partial charge in [0.15, 0.2) is 24.0 Å². The van der Waals surface area contributed by atoms with Gasteiger partial charge in [-0.15, -0.1) is 0 Å². The van der Waals surface area contributed by atoms with E-state index in [0.29, 0.717) is 22.6 Å². The molecule has 0 bridgehead atoms. The van der Waals surface area contributed by atoms with Crippen molar-refractivity contribution in [2.75, 3.05) is 19.1 Å². The summed E-state index contributed by atoms with van der Waals surface area (Å²) in [7, 11) is -6.61. The van der Waals surface area contributed by atoms with Crippen molar-refractivity contribution in [1.29, 1.82) is 0 Å². The van der Waals surface area contributed by atoms with E-state index in [1.165, 1.54) is 17.2 Å². The molecule has 1 aliphatic rings. The zero-order chi connectivity index (χ0) is 29.3. The van der Waals surface area contributed by atoms with Crippen LogP contribution in [-0.4, -0.2) is 56.2 Å². The molecule has 218 valence electrons. The van der Waals surface area contributed by atoms with Gasteiger partial charge in [-0.05, 0) is 30.5 Å². The number of benzene rings is 1. The fourth-order valence-corrected chi connectivity index (χ4v) is 5.72. The second-order valence-electron chi connectivity index (χ2n) is 8.35. The Morgan fingerprint density at radius 2 is 2.02 bits per heavy atom. The van der Waals surface area contributed by atoms with Gasteiger partial charge in [0, 0.05) is 12.2 Å². The highest BCUT2D eigenvalue weighted by molar-refractivity contribution is 7.59. The van der Waals surface area contributed by atoms with E-state index in [1.54, 1.807) is 51.1 Å². The number of ether oxygens (including phenoxy) is 3. The van der Waals surface area contributed by atoms with Crippen LogP contribution in [0.4, 0.5) is 4.39 Å². The Bertz CT molecular complexity index is 1400. The van der Waals surface area contributed by atoms with Crippen LogP contribution in [0.3, 0.4) is 0 Å². The molecule has 1 aromatic carbocycles. The Hall–Kier alpha value is -3.16. The number of nitrogens with zero attached hydrogens (tertiary/aromatic N) is 4. The van der Waals surface area contributed by atoms with Crippen LogP contribution in [0.5, 0.6) is 5.75 Å². The van der Waals surface area contributed by atoms with Crippen molar-refractivity contribution in [3.8, 4) is 5.75 Å². The molecule has 0 fully saturated rings. The summed E-state index contributed by atoms with van der Waals surface area (Å²) in [6.45, 7) is 5.28. The highest BCUT2D eigenvalue weighted by atomic mass is 31.2. The van der Waals surface area contributed by atoms with Gasteiger partial charge < -0.3 is 23.6 Å². The molecule has 14 nitrogen and oxygen atoms in total. The van der Waals surface area contributed by atoms with Crippen LogP contribution in [0.1, 0.15) is 27.2 Å². The van der Waals surface area contributed by atoms with E-state index in [0.717, 1.165) is 6.08 Å². The number of rotatable bonds is 11. The zero-order valence-corrected chi connectivity index (χ0v) is 23.4. The number of carbonyl (C=O) groups excluding carboxylic acids is 1. The number of aryl methyl sites for hydroxylation is 1. The number of esters is 1. The predicted octanol–water partition coefficient (Wildman–Crippen LogP) is 4.11. The van der Waals surface area contributed by atoms with Crippen molar-refractivity contribution in [2.24, 2.45) is 5.92 Å². The molecule has 3 heterocycles. The van der Waals surface area contributed by atoms with Crippen LogP contribution in [0.25, 0.3) is 11.2 Å². The largest absolute Gasteiger partial charge is 0.565 e. The van der Waals surface area contributed by atoms with Crippen molar-refractivity contribution in [1.82, 2.24) is 19.5 Å². The normalized spacial score (nSPS) is 19.1. The minimum absolute atomic E-state index is 0. The van der Waals surface area contributed by atoms with Crippen LogP contribution < -0.4 is 9.42 Å². The van der Waals surface area contributed by atoms with Crippen molar-refractivity contribution >= 4 is 32.8 Å². The van der Waals surface area contributed by atoms with Gasteiger partial charge >= 0.3 is 14.2 Å². The summed E-state index contributed by atoms with van der Waals surface area (Å²) in [6.07, 6.45) is 1.12. The first-order valence-corrected chi connectivity index (χ1v) is 14.9. The maximum absolute atomic E-state index is 14.8. The average molecular weight is 602 g/mol. The summed E-state index contributed by atoms with van der Waals surface area (Å²) in [4.78, 5) is 33.6. The Balaban J connectivity index is 0.000000902. The van der Waals surface area contributed by atoms with E-state index in [2.05, 4.69) is 19.6 Å². The maximum atomic E-state index is 14.8. The molecule has 17 heteroatoms. The third kappa shape index (κ3) is 8.42. The van der Waals surface area contributed by atoms with Gasteiger partial charge in [0.25, 0.3) is 7.37 Å². The average Bonchev–Trinajstić information content (AvgIpc) is 3.52. The molecule has 3 aromatic rings. The summed E-state index contributed by atoms with van der Waals surface area (Å²) in [5.74, 6) is -1.43. The zero-order valence-electron chi connectivity index (χ0n) is 21.7. The van der Waals surface area contributed by atoms with Gasteiger partial charge in [-0.2, -0.15) is 0 Å². The fourth-order valence-electron chi connectivity index (χ4n) is 3.62. The number of halogens is 1.